The van der Waals surface area contributed by atoms with Crippen LogP contribution in [0.3, 0.4) is 0 Å². The number of aliphatic hydroxyl groups excluding tert-OH is 1. The van der Waals surface area contributed by atoms with Crippen LogP contribution in [0.15, 0.2) is 12.7 Å². The van der Waals surface area contributed by atoms with Gasteiger partial charge in [-0.2, -0.15) is 0 Å². The van der Waals surface area contributed by atoms with Crippen molar-refractivity contribution in [1.82, 2.24) is 4.90 Å². The van der Waals surface area contributed by atoms with Crippen molar-refractivity contribution < 1.29 is 5.11 Å². The van der Waals surface area contributed by atoms with Crippen LogP contribution < -0.4 is 0 Å². The molecule has 1 unspecified atom stereocenters. The first-order chi connectivity index (χ1) is 6.59. The molecule has 0 radical (unpaired) electrons. The Bertz CT molecular complexity index is 183. The minimum absolute atomic E-state index is 0.103. The molecule has 0 spiro atoms. The van der Waals surface area contributed by atoms with E-state index in [0.29, 0.717) is 6.42 Å². The molecular weight excluding hydrogens is 174 g/mol. The van der Waals surface area contributed by atoms with Crippen LogP contribution >= 0.6 is 0 Å². The maximum atomic E-state index is 10.0. The molecule has 0 amide bonds. The van der Waals surface area contributed by atoms with Crippen molar-refractivity contribution in [3.05, 3.63) is 12.7 Å². The van der Waals surface area contributed by atoms with Crippen LogP contribution in [-0.2, 0) is 0 Å². The molecule has 0 aromatic heterocycles. The highest BCUT2D eigenvalue weighted by molar-refractivity contribution is 4.93. The van der Waals surface area contributed by atoms with Crippen molar-refractivity contribution in [3.8, 4) is 0 Å². The molecule has 1 atom stereocenters. The lowest BCUT2D eigenvalue weighted by molar-refractivity contribution is -0.0173. The average Bonchev–Trinajstić information content (AvgIpc) is 2.19. The number of hydrogen-bond acceptors (Lipinski definition) is 2. The standard InChI is InChI=1S/C12H23NO/c1-4-8-11(14)12(2,3)13-9-6-5-7-10-13/h4,11,14H,1,5-10H2,2-3H3. The lowest BCUT2D eigenvalue weighted by Crippen LogP contribution is -2.54. The molecule has 1 rings (SSSR count). The van der Waals surface area contributed by atoms with Gasteiger partial charge < -0.3 is 5.11 Å². The summed E-state index contributed by atoms with van der Waals surface area (Å²) >= 11 is 0. The fourth-order valence-corrected chi connectivity index (χ4v) is 2.13. The van der Waals surface area contributed by atoms with E-state index in [2.05, 4.69) is 25.3 Å². The first-order valence-electron chi connectivity index (χ1n) is 5.63. The molecule has 1 saturated heterocycles. The molecule has 0 aromatic rings. The van der Waals surface area contributed by atoms with Crippen molar-refractivity contribution in [3.63, 3.8) is 0 Å². The summed E-state index contributed by atoms with van der Waals surface area (Å²) in [5, 5.41) is 10.0. The summed E-state index contributed by atoms with van der Waals surface area (Å²) in [5.74, 6) is 0. The molecule has 0 aliphatic carbocycles. The van der Waals surface area contributed by atoms with Crippen LogP contribution in [-0.4, -0.2) is 34.7 Å². The number of aliphatic hydroxyl groups is 1. The molecule has 2 heteroatoms. The molecule has 82 valence electrons. The lowest BCUT2D eigenvalue weighted by atomic mass is 9.90. The fraction of sp³-hybridized carbons (Fsp3) is 0.833. The Morgan fingerprint density at radius 2 is 1.93 bits per heavy atom. The Morgan fingerprint density at radius 3 is 2.43 bits per heavy atom. The maximum Gasteiger partial charge on any atom is 0.0752 e. The van der Waals surface area contributed by atoms with Gasteiger partial charge in [-0.25, -0.2) is 0 Å². The predicted molar refractivity (Wildman–Crippen MR) is 60.3 cm³/mol. The van der Waals surface area contributed by atoms with Crippen LogP contribution in [0.5, 0.6) is 0 Å². The second-order valence-electron chi connectivity index (χ2n) is 4.74. The summed E-state index contributed by atoms with van der Waals surface area (Å²) in [7, 11) is 0. The van der Waals surface area contributed by atoms with E-state index in [4.69, 9.17) is 0 Å². The highest BCUT2D eigenvalue weighted by atomic mass is 16.3. The molecule has 2 nitrogen and oxygen atoms in total. The zero-order chi connectivity index (χ0) is 10.6. The largest absolute Gasteiger partial charge is 0.391 e. The van der Waals surface area contributed by atoms with Gasteiger partial charge in [0.15, 0.2) is 0 Å². The summed E-state index contributed by atoms with van der Waals surface area (Å²) in [6.45, 7) is 10.2. The van der Waals surface area contributed by atoms with E-state index < -0.39 is 0 Å². The molecule has 1 N–H and O–H groups in total. The van der Waals surface area contributed by atoms with E-state index in [0.717, 1.165) is 13.1 Å². The molecule has 1 aliphatic rings. The van der Waals surface area contributed by atoms with E-state index >= 15 is 0 Å². The first kappa shape index (κ1) is 11.7. The van der Waals surface area contributed by atoms with Crippen LogP contribution in [0.4, 0.5) is 0 Å². The molecule has 1 fully saturated rings. The SMILES string of the molecule is C=CCC(O)C(C)(C)N1CCCCC1. The van der Waals surface area contributed by atoms with Gasteiger partial charge in [0.05, 0.1) is 6.10 Å². The van der Waals surface area contributed by atoms with Gasteiger partial charge in [-0.1, -0.05) is 12.5 Å². The highest BCUT2D eigenvalue weighted by Crippen LogP contribution is 2.25. The van der Waals surface area contributed by atoms with Gasteiger partial charge in [0.2, 0.25) is 0 Å². The van der Waals surface area contributed by atoms with Gasteiger partial charge in [0, 0.05) is 5.54 Å². The van der Waals surface area contributed by atoms with E-state index in [1.165, 1.54) is 19.3 Å². The van der Waals surface area contributed by atoms with E-state index in [9.17, 15) is 5.11 Å². The zero-order valence-corrected chi connectivity index (χ0v) is 9.50. The summed E-state index contributed by atoms with van der Waals surface area (Å²) in [5.41, 5.74) is -0.103. The summed E-state index contributed by atoms with van der Waals surface area (Å²) in [6.07, 6.45) is 6.07. The number of nitrogens with zero attached hydrogens (tertiary/aromatic N) is 1. The van der Waals surface area contributed by atoms with E-state index in [1.807, 2.05) is 0 Å². The number of rotatable bonds is 4. The second kappa shape index (κ2) is 4.94. The van der Waals surface area contributed by atoms with Crippen molar-refractivity contribution >= 4 is 0 Å². The molecule has 0 bridgehead atoms. The topological polar surface area (TPSA) is 23.5 Å². The highest BCUT2D eigenvalue weighted by Gasteiger charge is 2.33. The van der Waals surface area contributed by atoms with Crippen molar-refractivity contribution in [2.45, 2.75) is 51.2 Å². The maximum absolute atomic E-state index is 10.0. The number of piperidine rings is 1. The Hall–Kier alpha value is -0.340. The second-order valence-corrected chi connectivity index (χ2v) is 4.74. The molecule has 14 heavy (non-hydrogen) atoms. The lowest BCUT2D eigenvalue weighted by Gasteiger charge is -2.43. The molecule has 1 aliphatic heterocycles. The predicted octanol–water partition coefficient (Wildman–Crippen LogP) is 2.19. The van der Waals surface area contributed by atoms with Crippen LogP contribution in [0, 0.1) is 0 Å². The summed E-state index contributed by atoms with van der Waals surface area (Å²) < 4.78 is 0. The van der Waals surface area contributed by atoms with Gasteiger partial charge in [0.25, 0.3) is 0 Å². The smallest absolute Gasteiger partial charge is 0.0752 e. The Balaban J connectivity index is 2.56. The van der Waals surface area contributed by atoms with E-state index in [1.54, 1.807) is 6.08 Å². The summed E-state index contributed by atoms with van der Waals surface area (Å²) in [6, 6.07) is 0. The number of hydrogen-bond donors (Lipinski definition) is 1. The minimum atomic E-state index is -0.293. The normalized spacial score (nSPS) is 21.9. The van der Waals surface area contributed by atoms with Gasteiger partial charge in [0.1, 0.15) is 0 Å². The van der Waals surface area contributed by atoms with Crippen molar-refractivity contribution in [2.24, 2.45) is 0 Å². The minimum Gasteiger partial charge on any atom is -0.391 e. The van der Waals surface area contributed by atoms with E-state index in [-0.39, 0.29) is 11.6 Å². The zero-order valence-electron chi connectivity index (χ0n) is 9.50. The summed E-state index contributed by atoms with van der Waals surface area (Å²) in [4.78, 5) is 2.41. The molecule has 0 aromatic carbocycles. The average molecular weight is 197 g/mol. The van der Waals surface area contributed by atoms with Gasteiger partial charge >= 0.3 is 0 Å². The van der Waals surface area contributed by atoms with Crippen molar-refractivity contribution in [1.29, 1.82) is 0 Å². The molecular formula is C12H23NO. The third-order valence-corrected chi connectivity index (χ3v) is 3.38. The van der Waals surface area contributed by atoms with Crippen LogP contribution in [0.25, 0.3) is 0 Å². The van der Waals surface area contributed by atoms with Gasteiger partial charge in [-0.05, 0) is 46.2 Å². The Kier molecular flexibility index (Phi) is 4.14. The van der Waals surface area contributed by atoms with Gasteiger partial charge in [-0.3, -0.25) is 4.90 Å². The first-order valence-corrected chi connectivity index (χ1v) is 5.63. The monoisotopic (exact) mass is 197 g/mol. The third-order valence-electron chi connectivity index (χ3n) is 3.38. The molecule has 1 heterocycles. The van der Waals surface area contributed by atoms with Gasteiger partial charge in [-0.15, -0.1) is 6.58 Å². The third kappa shape index (κ3) is 2.58. The van der Waals surface area contributed by atoms with Crippen LogP contribution in [0.1, 0.15) is 39.5 Å². The molecule has 0 saturated carbocycles. The van der Waals surface area contributed by atoms with Crippen LogP contribution in [0.2, 0.25) is 0 Å². The quantitative estimate of drug-likeness (QED) is 0.698. The number of likely N-dealkylation sites (tertiary alicyclic amines) is 1. The fourth-order valence-electron chi connectivity index (χ4n) is 2.13. The Labute approximate surface area is 87.6 Å². The Morgan fingerprint density at radius 1 is 1.36 bits per heavy atom. The van der Waals surface area contributed by atoms with Crippen molar-refractivity contribution in [2.75, 3.05) is 13.1 Å².